The van der Waals surface area contributed by atoms with E-state index in [0.29, 0.717) is 6.61 Å². The van der Waals surface area contributed by atoms with Crippen molar-refractivity contribution in [3.05, 3.63) is 20.3 Å². The Labute approximate surface area is 76.3 Å². The standard InChI is InChI=1S/C7H5BrO2S/c8-6-1-4-2-10-3-5(9)7(4)11-6/h1H,2-3H2. The summed E-state index contributed by atoms with van der Waals surface area (Å²) in [6.07, 6.45) is 0. The molecule has 1 aromatic rings. The van der Waals surface area contributed by atoms with Crippen LogP contribution in [0.3, 0.4) is 0 Å². The fourth-order valence-corrected chi connectivity index (χ4v) is 2.64. The minimum Gasteiger partial charge on any atom is -0.369 e. The molecule has 0 spiro atoms. The molecule has 11 heavy (non-hydrogen) atoms. The van der Waals surface area contributed by atoms with Crippen molar-refractivity contribution >= 4 is 33.0 Å². The molecule has 0 saturated carbocycles. The topological polar surface area (TPSA) is 26.3 Å². The van der Waals surface area contributed by atoms with Crippen molar-refractivity contribution < 1.29 is 9.53 Å². The first-order valence-corrected chi connectivity index (χ1v) is 4.77. The number of hydrogen-bond donors (Lipinski definition) is 0. The Hall–Kier alpha value is -0.190. The van der Waals surface area contributed by atoms with Gasteiger partial charge >= 0.3 is 0 Å². The summed E-state index contributed by atoms with van der Waals surface area (Å²) in [5, 5.41) is 0. The maximum atomic E-state index is 11.2. The van der Waals surface area contributed by atoms with Crippen LogP contribution in [0.2, 0.25) is 0 Å². The molecule has 0 N–H and O–H groups in total. The first kappa shape index (κ1) is 7.46. The number of ketones is 1. The van der Waals surface area contributed by atoms with Crippen LogP contribution in [-0.2, 0) is 11.3 Å². The van der Waals surface area contributed by atoms with Gasteiger partial charge in [-0.3, -0.25) is 4.79 Å². The van der Waals surface area contributed by atoms with Gasteiger partial charge in [0.25, 0.3) is 0 Å². The molecule has 0 saturated heterocycles. The van der Waals surface area contributed by atoms with Crippen LogP contribution in [0.1, 0.15) is 15.2 Å². The largest absolute Gasteiger partial charge is 0.369 e. The third-order valence-corrected chi connectivity index (χ3v) is 3.24. The van der Waals surface area contributed by atoms with Gasteiger partial charge in [0.1, 0.15) is 6.61 Å². The molecule has 2 heterocycles. The van der Waals surface area contributed by atoms with Crippen LogP contribution in [0.5, 0.6) is 0 Å². The van der Waals surface area contributed by atoms with Gasteiger partial charge < -0.3 is 4.74 Å². The Morgan fingerprint density at radius 2 is 2.36 bits per heavy atom. The lowest BCUT2D eigenvalue weighted by Gasteiger charge is -2.09. The highest BCUT2D eigenvalue weighted by Crippen LogP contribution is 2.30. The van der Waals surface area contributed by atoms with E-state index in [1.807, 2.05) is 6.07 Å². The molecule has 0 radical (unpaired) electrons. The molecule has 0 fully saturated rings. The van der Waals surface area contributed by atoms with Crippen molar-refractivity contribution in [1.29, 1.82) is 0 Å². The number of ether oxygens (including phenoxy) is 1. The van der Waals surface area contributed by atoms with Crippen LogP contribution in [0.25, 0.3) is 0 Å². The summed E-state index contributed by atoms with van der Waals surface area (Å²) >= 11 is 4.82. The van der Waals surface area contributed by atoms with Gasteiger partial charge in [0.15, 0.2) is 5.78 Å². The van der Waals surface area contributed by atoms with Crippen molar-refractivity contribution in [1.82, 2.24) is 0 Å². The highest BCUT2D eigenvalue weighted by Gasteiger charge is 2.19. The smallest absolute Gasteiger partial charge is 0.198 e. The van der Waals surface area contributed by atoms with Crippen molar-refractivity contribution in [3.63, 3.8) is 0 Å². The average Bonchev–Trinajstić information content (AvgIpc) is 2.31. The molecule has 2 nitrogen and oxygen atoms in total. The summed E-state index contributed by atoms with van der Waals surface area (Å²) in [4.78, 5) is 12.0. The fourth-order valence-electron chi connectivity index (χ4n) is 1.06. The third kappa shape index (κ3) is 1.26. The molecule has 0 aromatic carbocycles. The van der Waals surface area contributed by atoms with Crippen LogP contribution in [0.15, 0.2) is 9.85 Å². The fraction of sp³-hybridized carbons (Fsp3) is 0.286. The minimum atomic E-state index is 0.0990. The predicted octanol–water partition coefficient (Wildman–Crippen LogP) is 2.22. The molecule has 2 rings (SSSR count). The first-order valence-electron chi connectivity index (χ1n) is 3.16. The van der Waals surface area contributed by atoms with E-state index >= 15 is 0 Å². The molecule has 0 aliphatic carbocycles. The summed E-state index contributed by atoms with van der Waals surface area (Å²) in [5.74, 6) is 0.0990. The molecule has 0 bridgehead atoms. The Morgan fingerprint density at radius 1 is 1.55 bits per heavy atom. The summed E-state index contributed by atoms with van der Waals surface area (Å²) in [7, 11) is 0. The Bertz CT molecular complexity index is 305. The number of hydrogen-bond acceptors (Lipinski definition) is 3. The molecular formula is C7H5BrO2S. The van der Waals surface area contributed by atoms with E-state index < -0.39 is 0 Å². The SMILES string of the molecule is O=C1COCc2cc(Br)sc21. The second-order valence-electron chi connectivity index (χ2n) is 2.32. The molecule has 1 aromatic heterocycles. The molecule has 0 amide bonds. The quantitative estimate of drug-likeness (QED) is 0.686. The van der Waals surface area contributed by atoms with E-state index in [0.717, 1.165) is 14.2 Å². The van der Waals surface area contributed by atoms with Gasteiger partial charge in [0.05, 0.1) is 15.3 Å². The number of rotatable bonds is 0. The summed E-state index contributed by atoms with van der Waals surface area (Å²) in [6, 6.07) is 1.94. The maximum absolute atomic E-state index is 11.2. The Kier molecular flexibility index (Phi) is 1.83. The van der Waals surface area contributed by atoms with Crippen molar-refractivity contribution in [2.75, 3.05) is 6.61 Å². The van der Waals surface area contributed by atoms with Crippen molar-refractivity contribution in [3.8, 4) is 0 Å². The zero-order valence-corrected chi connectivity index (χ0v) is 8.00. The van der Waals surface area contributed by atoms with Crippen molar-refractivity contribution in [2.24, 2.45) is 0 Å². The highest BCUT2D eigenvalue weighted by molar-refractivity contribution is 9.11. The van der Waals surface area contributed by atoms with Gasteiger partial charge in [-0.25, -0.2) is 0 Å². The maximum Gasteiger partial charge on any atom is 0.198 e. The first-order chi connectivity index (χ1) is 5.27. The third-order valence-electron chi connectivity index (χ3n) is 1.52. The monoisotopic (exact) mass is 232 g/mol. The molecule has 1 aliphatic rings. The van der Waals surface area contributed by atoms with Gasteiger partial charge in [-0.05, 0) is 22.0 Å². The Morgan fingerprint density at radius 3 is 3.09 bits per heavy atom. The minimum absolute atomic E-state index is 0.0990. The van der Waals surface area contributed by atoms with Gasteiger partial charge in [0, 0.05) is 5.56 Å². The van der Waals surface area contributed by atoms with Gasteiger partial charge in [-0.15, -0.1) is 11.3 Å². The molecule has 58 valence electrons. The number of thiophene rings is 1. The highest BCUT2D eigenvalue weighted by atomic mass is 79.9. The number of carbonyl (C=O) groups is 1. The number of carbonyl (C=O) groups excluding carboxylic acids is 1. The van der Waals surface area contributed by atoms with Gasteiger partial charge in [-0.2, -0.15) is 0 Å². The molecular weight excluding hydrogens is 228 g/mol. The second kappa shape index (κ2) is 2.69. The molecule has 1 aliphatic heterocycles. The van der Waals surface area contributed by atoms with Crippen LogP contribution >= 0.6 is 27.3 Å². The van der Waals surface area contributed by atoms with E-state index in [1.165, 1.54) is 11.3 Å². The van der Waals surface area contributed by atoms with Crippen LogP contribution in [0.4, 0.5) is 0 Å². The number of Topliss-reactive ketones (excluding diaryl/α,β-unsaturated/α-hetero) is 1. The Balaban J connectivity index is 2.52. The van der Waals surface area contributed by atoms with E-state index in [4.69, 9.17) is 4.74 Å². The summed E-state index contributed by atoms with van der Waals surface area (Å²) in [6.45, 7) is 0.809. The molecule has 4 heteroatoms. The molecule has 0 atom stereocenters. The van der Waals surface area contributed by atoms with E-state index in [9.17, 15) is 4.79 Å². The van der Waals surface area contributed by atoms with Crippen LogP contribution in [-0.4, -0.2) is 12.4 Å². The van der Waals surface area contributed by atoms with E-state index in [-0.39, 0.29) is 12.4 Å². The van der Waals surface area contributed by atoms with Gasteiger partial charge in [-0.1, -0.05) is 0 Å². The summed E-state index contributed by atoms with van der Waals surface area (Å²) < 4.78 is 6.06. The number of fused-ring (bicyclic) bond motifs is 1. The van der Waals surface area contributed by atoms with Crippen molar-refractivity contribution in [2.45, 2.75) is 6.61 Å². The van der Waals surface area contributed by atoms with Gasteiger partial charge in [0.2, 0.25) is 0 Å². The van der Waals surface area contributed by atoms with E-state index in [1.54, 1.807) is 0 Å². The zero-order valence-electron chi connectivity index (χ0n) is 5.59. The van der Waals surface area contributed by atoms with E-state index in [2.05, 4.69) is 15.9 Å². The van der Waals surface area contributed by atoms with Crippen LogP contribution < -0.4 is 0 Å². The summed E-state index contributed by atoms with van der Waals surface area (Å²) in [5.41, 5.74) is 1.01. The normalized spacial score (nSPS) is 16.6. The number of halogens is 1. The second-order valence-corrected chi connectivity index (χ2v) is 4.75. The molecule has 0 unspecified atom stereocenters. The predicted molar refractivity (Wildman–Crippen MR) is 46.0 cm³/mol. The lowest BCUT2D eigenvalue weighted by Crippen LogP contribution is -2.15. The van der Waals surface area contributed by atoms with Crippen LogP contribution in [0, 0.1) is 0 Å². The lowest BCUT2D eigenvalue weighted by molar-refractivity contribution is 0.0673. The average molecular weight is 233 g/mol. The lowest BCUT2D eigenvalue weighted by atomic mass is 10.2. The zero-order chi connectivity index (χ0) is 7.84.